The molecule has 3 rings (SSSR count). The quantitative estimate of drug-likeness (QED) is 0.796. The summed E-state index contributed by atoms with van der Waals surface area (Å²) in [6.07, 6.45) is 0. The number of benzene rings is 1. The van der Waals surface area contributed by atoms with Crippen molar-refractivity contribution < 1.29 is 4.74 Å². The fourth-order valence-electron chi connectivity index (χ4n) is 2.06. The molecular weight excluding hydrogens is 266 g/mol. The van der Waals surface area contributed by atoms with Gasteiger partial charge in [0, 0.05) is 11.6 Å². The van der Waals surface area contributed by atoms with Crippen molar-refractivity contribution in [3.8, 4) is 22.8 Å². The third-order valence-corrected chi connectivity index (χ3v) is 3.11. The summed E-state index contributed by atoms with van der Waals surface area (Å²) in [5.74, 6) is 1.94. The average molecular weight is 281 g/mol. The van der Waals surface area contributed by atoms with Gasteiger partial charge in [0.15, 0.2) is 5.82 Å². The number of aromatic nitrogens is 4. The second-order valence-corrected chi connectivity index (χ2v) is 4.63. The molecule has 2 heterocycles. The van der Waals surface area contributed by atoms with Gasteiger partial charge in [-0.25, -0.2) is 0 Å². The van der Waals surface area contributed by atoms with Gasteiger partial charge in [0.2, 0.25) is 0 Å². The molecule has 0 aliphatic carbocycles. The van der Waals surface area contributed by atoms with Crippen molar-refractivity contribution in [2.75, 3.05) is 12.8 Å². The third-order valence-electron chi connectivity index (χ3n) is 3.11. The molecule has 0 aliphatic heterocycles. The second-order valence-electron chi connectivity index (χ2n) is 4.63. The molecule has 0 radical (unpaired) electrons. The molecule has 0 unspecified atom stereocenters. The van der Waals surface area contributed by atoms with Gasteiger partial charge in [0.25, 0.3) is 0 Å². The van der Waals surface area contributed by atoms with Gasteiger partial charge in [-0.1, -0.05) is 0 Å². The first-order valence-electron chi connectivity index (χ1n) is 6.48. The summed E-state index contributed by atoms with van der Waals surface area (Å²) in [6.45, 7) is 1.88. The molecule has 1 aromatic carbocycles. The van der Waals surface area contributed by atoms with Crippen molar-refractivity contribution in [2.24, 2.45) is 0 Å². The average Bonchev–Trinajstić information content (AvgIpc) is 2.86. The minimum absolute atomic E-state index is 0.541. The van der Waals surface area contributed by atoms with Crippen LogP contribution in [-0.2, 0) is 0 Å². The molecule has 6 nitrogen and oxygen atoms in total. The Bertz CT molecular complexity index is 747. The summed E-state index contributed by atoms with van der Waals surface area (Å²) in [5, 5.41) is 12.7. The lowest BCUT2D eigenvalue weighted by Gasteiger charge is -2.05. The zero-order chi connectivity index (χ0) is 14.8. The summed E-state index contributed by atoms with van der Waals surface area (Å²) in [7, 11) is 1.64. The summed E-state index contributed by atoms with van der Waals surface area (Å²) >= 11 is 0. The number of nitrogen functional groups attached to an aromatic ring is 1. The highest BCUT2D eigenvalue weighted by Crippen LogP contribution is 2.21. The van der Waals surface area contributed by atoms with Crippen molar-refractivity contribution in [1.82, 2.24) is 20.0 Å². The van der Waals surface area contributed by atoms with Crippen LogP contribution in [0.15, 0.2) is 42.5 Å². The first-order valence-corrected chi connectivity index (χ1v) is 6.48. The fraction of sp³-hybridized carbons (Fsp3) is 0.133. The largest absolute Gasteiger partial charge is 0.497 e. The molecule has 0 spiro atoms. The Hall–Kier alpha value is -2.89. The normalized spacial score (nSPS) is 10.6. The van der Waals surface area contributed by atoms with E-state index in [1.54, 1.807) is 17.9 Å². The fourth-order valence-corrected chi connectivity index (χ4v) is 2.06. The van der Waals surface area contributed by atoms with E-state index in [2.05, 4.69) is 15.3 Å². The van der Waals surface area contributed by atoms with Gasteiger partial charge in [0.1, 0.15) is 11.6 Å². The number of anilines is 1. The summed E-state index contributed by atoms with van der Waals surface area (Å²) in [4.78, 5) is 0. The maximum Gasteiger partial charge on any atom is 0.178 e. The van der Waals surface area contributed by atoms with Gasteiger partial charge >= 0.3 is 0 Å². The Kier molecular flexibility index (Phi) is 3.27. The van der Waals surface area contributed by atoms with E-state index < -0.39 is 0 Å². The maximum atomic E-state index is 5.87. The van der Waals surface area contributed by atoms with Gasteiger partial charge in [-0.2, -0.15) is 9.78 Å². The number of methoxy groups -OCH3 is 1. The maximum absolute atomic E-state index is 5.87. The van der Waals surface area contributed by atoms with Crippen LogP contribution in [0.4, 0.5) is 5.82 Å². The highest BCUT2D eigenvalue weighted by atomic mass is 16.5. The van der Waals surface area contributed by atoms with Crippen LogP contribution in [0.2, 0.25) is 0 Å². The smallest absolute Gasteiger partial charge is 0.178 e. The Morgan fingerprint density at radius 1 is 1.05 bits per heavy atom. The number of rotatable bonds is 3. The van der Waals surface area contributed by atoms with Gasteiger partial charge in [-0.15, -0.1) is 10.2 Å². The number of ether oxygens (including phenoxy) is 1. The Labute approximate surface area is 122 Å². The predicted octanol–water partition coefficient (Wildman–Crippen LogP) is 2.23. The van der Waals surface area contributed by atoms with E-state index in [4.69, 9.17) is 10.5 Å². The first-order chi connectivity index (χ1) is 10.2. The summed E-state index contributed by atoms with van der Waals surface area (Å²) < 4.78 is 6.71. The SMILES string of the molecule is COc1ccc(-c2ccc(-n3nc(C)cc3N)nn2)cc1. The molecule has 0 amide bonds. The highest BCUT2D eigenvalue weighted by molar-refractivity contribution is 5.60. The molecule has 2 aromatic heterocycles. The van der Waals surface area contributed by atoms with Crippen molar-refractivity contribution in [1.29, 1.82) is 0 Å². The Balaban J connectivity index is 1.91. The lowest BCUT2D eigenvalue weighted by Crippen LogP contribution is -2.05. The van der Waals surface area contributed by atoms with Crippen molar-refractivity contribution >= 4 is 5.82 Å². The van der Waals surface area contributed by atoms with Crippen molar-refractivity contribution in [3.05, 3.63) is 48.2 Å². The molecule has 0 saturated carbocycles. The molecule has 0 aliphatic rings. The van der Waals surface area contributed by atoms with E-state index in [0.717, 1.165) is 22.7 Å². The standard InChI is InChI=1S/C15H15N5O/c1-10-9-14(16)20(19-10)15-8-7-13(17-18-15)11-3-5-12(21-2)6-4-11/h3-9H,16H2,1-2H3. The highest BCUT2D eigenvalue weighted by Gasteiger charge is 2.07. The van der Waals surface area contributed by atoms with Crippen LogP contribution < -0.4 is 10.5 Å². The Morgan fingerprint density at radius 3 is 2.33 bits per heavy atom. The van der Waals surface area contributed by atoms with Crippen LogP contribution in [0.25, 0.3) is 17.1 Å². The van der Waals surface area contributed by atoms with Gasteiger partial charge < -0.3 is 10.5 Å². The van der Waals surface area contributed by atoms with Crippen molar-refractivity contribution in [2.45, 2.75) is 6.92 Å². The van der Waals surface area contributed by atoms with Crippen LogP contribution >= 0.6 is 0 Å². The topological polar surface area (TPSA) is 78.9 Å². The van der Waals surface area contributed by atoms with Crippen LogP contribution in [0, 0.1) is 6.92 Å². The molecule has 0 fully saturated rings. The van der Waals surface area contributed by atoms with E-state index in [1.807, 2.05) is 43.3 Å². The molecule has 106 valence electrons. The van der Waals surface area contributed by atoms with Crippen LogP contribution in [0.5, 0.6) is 5.75 Å². The number of nitrogens with two attached hydrogens (primary N) is 1. The van der Waals surface area contributed by atoms with Crippen molar-refractivity contribution in [3.63, 3.8) is 0 Å². The monoisotopic (exact) mass is 281 g/mol. The number of hydrogen-bond donors (Lipinski definition) is 1. The van der Waals surface area contributed by atoms with E-state index >= 15 is 0 Å². The molecule has 3 aromatic rings. The molecule has 0 saturated heterocycles. The zero-order valence-electron chi connectivity index (χ0n) is 11.8. The summed E-state index contributed by atoms with van der Waals surface area (Å²) in [5.41, 5.74) is 8.47. The molecule has 2 N–H and O–H groups in total. The minimum Gasteiger partial charge on any atom is -0.497 e. The van der Waals surface area contributed by atoms with E-state index in [-0.39, 0.29) is 0 Å². The van der Waals surface area contributed by atoms with Crippen LogP contribution in [0.3, 0.4) is 0 Å². The van der Waals surface area contributed by atoms with Crippen LogP contribution in [-0.4, -0.2) is 27.1 Å². The van der Waals surface area contributed by atoms with Gasteiger partial charge in [-0.3, -0.25) is 0 Å². The van der Waals surface area contributed by atoms with Gasteiger partial charge in [0.05, 0.1) is 18.5 Å². The van der Waals surface area contributed by atoms with Crippen LogP contribution in [0.1, 0.15) is 5.69 Å². The summed E-state index contributed by atoms with van der Waals surface area (Å²) in [6, 6.07) is 13.2. The first kappa shape index (κ1) is 13.1. The number of hydrogen-bond acceptors (Lipinski definition) is 5. The molecule has 21 heavy (non-hydrogen) atoms. The zero-order valence-corrected chi connectivity index (χ0v) is 11.8. The lowest BCUT2D eigenvalue weighted by molar-refractivity contribution is 0.415. The lowest BCUT2D eigenvalue weighted by atomic mass is 10.1. The minimum atomic E-state index is 0.541. The molecule has 0 bridgehead atoms. The second kappa shape index (κ2) is 5.24. The van der Waals surface area contributed by atoms with E-state index in [1.165, 1.54) is 0 Å². The molecule has 0 atom stereocenters. The van der Waals surface area contributed by atoms with E-state index in [0.29, 0.717) is 11.6 Å². The molecule has 6 heteroatoms. The predicted molar refractivity (Wildman–Crippen MR) is 80.3 cm³/mol. The third kappa shape index (κ3) is 2.55. The Morgan fingerprint density at radius 2 is 1.81 bits per heavy atom. The number of nitrogens with zero attached hydrogens (tertiary/aromatic N) is 4. The van der Waals surface area contributed by atoms with Gasteiger partial charge in [-0.05, 0) is 43.3 Å². The van der Waals surface area contributed by atoms with E-state index in [9.17, 15) is 0 Å². The molecular formula is C15H15N5O. The number of aryl methyl sites for hydroxylation is 1.